The predicted molar refractivity (Wildman–Crippen MR) is 80.8 cm³/mol. The topological polar surface area (TPSA) is 63.8 Å². The first-order valence-corrected chi connectivity index (χ1v) is 7.17. The van der Waals surface area contributed by atoms with Gasteiger partial charge in [0.1, 0.15) is 28.0 Å². The molecule has 0 aliphatic rings. The van der Waals surface area contributed by atoms with Gasteiger partial charge in [0.15, 0.2) is 0 Å². The first kappa shape index (κ1) is 13.7. The lowest BCUT2D eigenvalue weighted by atomic mass is 10.2. The molecule has 7 heteroatoms. The quantitative estimate of drug-likeness (QED) is 0.771. The third kappa shape index (κ3) is 2.52. The van der Waals surface area contributed by atoms with E-state index in [-0.39, 0.29) is 11.6 Å². The van der Waals surface area contributed by atoms with Crippen LogP contribution in [0.1, 0.15) is 11.8 Å². The average Bonchev–Trinajstić information content (AvgIpc) is 2.86. The van der Waals surface area contributed by atoms with Crippen molar-refractivity contribution in [1.82, 2.24) is 9.97 Å². The maximum absolute atomic E-state index is 13.7. The van der Waals surface area contributed by atoms with Gasteiger partial charge in [-0.15, -0.1) is 11.3 Å². The summed E-state index contributed by atoms with van der Waals surface area (Å²) in [5.41, 5.74) is 5.41. The van der Waals surface area contributed by atoms with Crippen LogP contribution in [0.25, 0.3) is 10.2 Å². The van der Waals surface area contributed by atoms with Gasteiger partial charge in [0.05, 0.1) is 5.39 Å². The van der Waals surface area contributed by atoms with Gasteiger partial charge in [-0.2, -0.15) is 4.98 Å². The molecule has 0 bridgehead atoms. The van der Waals surface area contributed by atoms with Crippen LogP contribution in [-0.4, -0.2) is 9.97 Å². The van der Waals surface area contributed by atoms with E-state index in [1.807, 2.05) is 13.0 Å². The van der Waals surface area contributed by atoms with Crippen molar-refractivity contribution in [2.45, 2.75) is 13.3 Å². The summed E-state index contributed by atoms with van der Waals surface area (Å²) in [5, 5.41) is 3.39. The van der Waals surface area contributed by atoms with Gasteiger partial charge in [0, 0.05) is 4.88 Å². The van der Waals surface area contributed by atoms with Gasteiger partial charge in [-0.1, -0.05) is 13.0 Å². The molecule has 0 atom stereocenters. The molecule has 1 aromatic carbocycles. The van der Waals surface area contributed by atoms with Crippen molar-refractivity contribution >= 4 is 39.0 Å². The highest BCUT2D eigenvalue weighted by molar-refractivity contribution is 7.18. The zero-order valence-corrected chi connectivity index (χ0v) is 12.0. The van der Waals surface area contributed by atoms with Gasteiger partial charge in [-0.25, -0.2) is 13.8 Å². The molecule has 0 unspecified atom stereocenters. The summed E-state index contributed by atoms with van der Waals surface area (Å²) in [6.07, 6.45) is 0.842. The minimum atomic E-state index is -0.689. The Morgan fingerprint density at radius 1 is 1.24 bits per heavy atom. The SMILES string of the molecule is CCc1cc2c(Nc3c(F)cccc3F)nc(N)nc2s1. The second-order valence-corrected chi connectivity index (χ2v) is 5.55. The Bertz CT molecular complexity index is 796. The van der Waals surface area contributed by atoms with Crippen LogP contribution in [0, 0.1) is 11.6 Å². The minimum Gasteiger partial charge on any atom is -0.368 e. The lowest BCUT2D eigenvalue weighted by Gasteiger charge is -2.09. The second-order valence-electron chi connectivity index (χ2n) is 4.44. The van der Waals surface area contributed by atoms with Crippen molar-refractivity contribution in [2.75, 3.05) is 11.1 Å². The van der Waals surface area contributed by atoms with Crippen LogP contribution >= 0.6 is 11.3 Å². The fraction of sp³-hybridized carbons (Fsp3) is 0.143. The summed E-state index contributed by atoms with van der Waals surface area (Å²) in [5.74, 6) is -1.01. The van der Waals surface area contributed by atoms with Gasteiger partial charge in [0.25, 0.3) is 0 Å². The lowest BCUT2D eigenvalue weighted by molar-refractivity contribution is 0.590. The van der Waals surface area contributed by atoms with E-state index < -0.39 is 11.6 Å². The molecule has 0 spiro atoms. The second kappa shape index (κ2) is 5.25. The zero-order valence-electron chi connectivity index (χ0n) is 11.2. The summed E-state index contributed by atoms with van der Waals surface area (Å²) in [7, 11) is 0. The molecule has 3 N–H and O–H groups in total. The molecule has 0 saturated carbocycles. The molecule has 0 aliphatic heterocycles. The molecule has 0 fully saturated rings. The van der Waals surface area contributed by atoms with Gasteiger partial charge in [-0.05, 0) is 24.6 Å². The smallest absolute Gasteiger partial charge is 0.223 e. The van der Waals surface area contributed by atoms with Crippen LogP contribution in [0.5, 0.6) is 0 Å². The van der Waals surface area contributed by atoms with E-state index in [2.05, 4.69) is 15.3 Å². The van der Waals surface area contributed by atoms with Crippen LogP contribution in [-0.2, 0) is 6.42 Å². The fourth-order valence-corrected chi connectivity index (χ4v) is 2.97. The molecule has 2 heterocycles. The number of hydrogen-bond acceptors (Lipinski definition) is 5. The number of aromatic nitrogens is 2. The van der Waals surface area contributed by atoms with E-state index in [9.17, 15) is 8.78 Å². The molecule has 0 amide bonds. The highest BCUT2D eigenvalue weighted by Gasteiger charge is 2.14. The molecule has 3 aromatic rings. The third-order valence-electron chi connectivity index (χ3n) is 3.02. The normalized spacial score (nSPS) is 11.0. The van der Waals surface area contributed by atoms with E-state index in [0.29, 0.717) is 16.0 Å². The number of fused-ring (bicyclic) bond motifs is 1. The molecule has 0 aliphatic carbocycles. The number of nitrogens with two attached hydrogens (primary N) is 1. The summed E-state index contributed by atoms with van der Waals surface area (Å²) >= 11 is 1.49. The Hall–Kier alpha value is -2.28. The average molecular weight is 306 g/mol. The number of hydrogen-bond donors (Lipinski definition) is 2. The number of thiophene rings is 1. The highest BCUT2D eigenvalue weighted by atomic mass is 32.1. The maximum atomic E-state index is 13.7. The molecule has 2 aromatic heterocycles. The highest BCUT2D eigenvalue weighted by Crippen LogP contribution is 2.32. The number of nitrogens with zero attached hydrogens (tertiary/aromatic N) is 2. The van der Waals surface area contributed by atoms with Crippen LogP contribution in [0.2, 0.25) is 0 Å². The summed E-state index contributed by atoms with van der Waals surface area (Å²) < 4.78 is 27.5. The number of aryl methyl sites for hydroxylation is 1. The molecular weight excluding hydrogens is 294 g/mol. The van der Waals surface area contributed by atoms with Crippen molar-refractivity contribution in [2.24, 2.45) is 0 Å². The predicted octanol–water partition coefficient (Wildman–Crippen LogP) is 3.86. The van der Waals surface area contributed by atoms with Crippen molar-refractivity contribution in [1.29, 1.82) is 0 Å². The Morgan fingerprint density at radius 2 is 1.95 bits per heavy atom. The van der Waals surface area contributed by atoms with Gasteiger partial charge in [-0.3, -0.25) is 0 Å². The first-order chi connectivity index (χ1) is 10.1. The minimum absolute atomic E-state index is 0.0613. The molecule has 21 heavy (non-hydrogen) atoms. The van der Waals surface area contributed by atoms with Crippen molar-refractivity contribution in [3.63, 3.8) is 0 Å². The van der Waals surface area contributed by atoms with Crippen LogP contribution < -0.4 is 11.1 Å². The number of halogens is 2. The standard InChI is InChI=1S/C14H12F2N4S/c1-2-7-6-8-12(19-14(17)20-13(8)21-7)18-11-9(15)4-3-5-10(11)16/h3-6H,2H2,1H3,(H3,17,18,19,20). The van der Waals surface area contributed by atoms with E-state index in [0.717, 1.165) is 11.3 Å². The fourth-order valence-electron chi connectivity index (χ4n) is 1.99. The first-order valence-electron chi connectivity index (χ1n) is 6.35. The zero-order chi connectivity index (χ0) is 15.0. The Labute approximate surface area is 123 Å². The number of para-hydroxylation sites is 1. The molecule has 3 rings (SSSR count). The van der Waals surface area contributed by atoms with Crippen LogP contribution in [0.3, 0.4) is 0 Å². The molecule has 0 saturated heterocycles. The van der Waals surface area contributed by atoms with Gasteiger partial charge in [0.2, 0.25) is 5.95 Å². The van der Waals surface area contributed by atoms with E-state index in [1.54, 1.807) is 0 Å². The Balaban J connectivity index is 2.13. The number of rotatable bonds is 3. The lowest BCUT2D eigenvalue weighted by Crippen LogP contribution is -2.03. The van der Waals surface area contributed by atoms with Crippen molar-refractivity contribution in [3.05, 3.63) is 40.8 Å². The van der Waals surface area contributed by atoms with E-state index in [1.165, 1.54) is 29.5 Å². The largest absolute Gasteiger partial charge is 0.368 e. The molecular formula is C14H12F2N4S. The van der Waals surface area contributed by atoms with Crippen molar-refractivity contribution < 1.29 is 8.78 Å². The van der Waals surface area contributed by atoms with Crippen molar-refractivity contribution in [3.8, 4) is 0 Å². The number of benzene rings is 1. The molecule has 0 radical (unpaired) electrons. The Kier molecular flexibility index (Phi) is 3.42. The maximum Gasteiger partial charge on any atom is 0.223 e. The summed E-state index contributed by atoms with van der Waals surface area (Å²) in [4.78, 5) is 10.00. The van der Waals surface area contributed by atoms with E-state index >= 15 is 0 Å². The van der Waals surface area contributed by atoms with E-state index in [4.69, 9.17) is 5.73 Å². The number of nitrogen functional groups attached to an aromatic ring is 1. The van der Waals surface area contributed by atoms with Crippen LogP contribution in [0.4, 0.5) is 26.2 Å². The van der Waals surface area contributed by atoms with Crippen LogP contribution in [0.15, 0.2) is 24.3 Å². The Morgan fingerprint density at radius 3 is 2.62 bits per heavy atom. The molecule has 108 valence electrons. The van der Waals surface area contributed by atoms with Gasteiger partial charge >= 0.3 is 0 Å². The third-order valence-corrected chi connectivity index (χ3v) is 4.19. The summed E-state index contributed by atoms with van der Waals surface area (Å²) in [6, 6.07) is 5.57. The monoisotopic (exact) mass is 306 g/mol. The van der Waals surface area contributed by atoms with Gasteiger partial charge < -0.3 is 11.1 Å². The summed E-state index contributed by atoms with van der Waals surface area (Å²) in [6.45, 7) is 2.02. The molecule has 4 nitrogen and oxygen atoms in total. The number of anilines is 3. The number of nitrogens with one attached hydrogen (secondary N) is 1.